The fraction of sp³-hybridized carbons (Fsp3) is 0.480. The quantitative estimate of drug-likeness (QED) is 0.469. The Hall–Kier alpha value is -3.96. The number of aromatic nitrogens is 5. The van der Waals surface area contributed by atoms with Gasteiger partial charge in [0.15, 0.2) is 0 Å². The van der Waals surface area contributed by atoms with Crippen LogP contribution in [-0.4, -0.2) is 66.5 Å². The molecule has 1 fully saturated rings. The van der Waals surface area contributed by atoms with Gasteiger partial charge in [0.25, 0.3) is 5.95 Å². The third-order valence-electron chi connectivity index (χ3n) is 7.12. The molecule has 0 saturated carbocycles. The number of fused-ring (bicyclic) bond motifs is 1. The number of nitrogens with two attached hydrogens (primary N) is 1. The van der Waals surface area contributed by atoms with E-state index in [0.29, 0.717) is 43.4 Å². The topological polar surface area (TPSA) is 138 Å². The molecule has 1 aliphatic heterocycles. The maximum atomic E-state index is 15.1. The number of benzene rings is 1. The lowest BCUT2D eigenvalue weighted by atomic mass is 9.98. The lowest BCUT2D eigenvalue weighted by molar-refractivity contribution is 0.116. The average molecular weight is 510 g/mol. The Bertz CT molecular complexity index is 1280. The van der Waals surface area contributed by atoms with Gasteiger partial charge in [-0.3, -0.25) is 0 Å². The third-order valence-corrected chi connectivity index (χ3v) is 7.12. The standard InChI is InChI=1S/C25H32FN9O2/c1-2-18-15-33(11-12-34(18)25(36)37)21-10-9-17(13-19(21)26)29-23-31-22(27)35(32-23)24-28-14-16-7-5-3-4-6-8-20(16)30-24/h9-10,13-14,18H,2-8,11-12,15H2,1H3,(H,36,37)(H3,27,29,31,32). The highest BCUT2D eigenvalue weighted by Crippen LogP contribution is 2.27. The van der Waals surface area contributed by atoms with Gasteiger partial charge < -0.3 is 26.0 Å². The van der Waals surface area contributed by atoms with Crippen LogP contribution in [0.3, 0.4) is 0 Å². The normalized spacial score (nSPS) is 18.2. The van der Waals surface area contributed by atoms with E-state index in [1.165, 1.54) is 34.1 Å². The molecular formula is C25H32FN9O2. The highest BCUT2D eigenvalue weighted by Gasteiger charge is 2.30. The number of hydrogen-bond donors (Lipinski definition) is 3. The second-order valence-corrected chi connectivity index (χ2v) is 9.54. The molecule has 1 aromatic carbocycles. The van der Waals surface area contributed by atoms with E-state index < -0.39 is 11.9 Å². The maximum Gasteiger partial charge on any atom is 0.407 e. The number of piperazine rings is 1. The minimum absolute atomic E-state index is 0.132. The zero-order valence-electron chi connectivity index (χ0n) is 20.9. The first-order valence-electron chi connectivity index (χ1n) is 12.8. The largest absolute Gasteiger partial charge is 0.465 e. The zero-order valence-corrected chi connectivity index (χ0v) is 20.9. The van der Waals surface area contributed by atoms with Gasteiger partial charge in [-0.2, -0.15) is 9.67 Å². The molecule has 0 bridgehead atoms. The van der Waals surface area contributed by atoms with E-state index >= 15 is 4.39 Å². The fourth-order valence-corrected chi connectivity index (χ4v) is 5.09. The molecule has 4 N–H and O–H groups in total. The Labute approximate surface area is 214 Å². The highest BCUT2D eigenvalue weighted by molar-refractivity contribution is 5.67. The van der Waals surface area contributed by atoms with Crippen LogP contribution in [0.2, 0.25) is 0 Å². The van der Waals surface area contributed by atoms with Gasteiger partial charge in [-0.05, 0) is 55.9 Å². The van der Waals surface area contributed by atoms with Crippen molar-refractivity contribution in [3.05, 3.63) is 41.5 Å². The molecule has 3 heterocycles. The van der Waals surface area contributed by atoms with E-state index in [0.717, 1.165) is 31.4 Å². The van der Waals surface area contributed by atoms with Crippen molar-refractivity contribution in [1.29, 1.82) is 0 Å². The van der Waals surface area contributed by atoms with Crippen molar-refractivity contribution in [3.8, 4) is 5.95 Å². The first kappa shape index (κ1) is 24.7. The molecule has 1 atom stereocenters. The van der Waals surface area contributed by atoms with Gasteiger partial charge in [0.1, 0.15) is 5.82 Å². The number of rotatable bonds is 5. The van der Waals surface area contributed by atoms with Crippen LogP contribution in [0.25, 0.3) is 5.95 Å². The summed E-state index contributed by atoms with van der Waals surface area (Å²) in [6, 6.07) is 4.61. The SMILES string of the molecule is CCC1CN(c2ccc(Nc3nc(N)n(-c4ncc5c(n4)CCCCCC5)n3)cc2F)CCN1C(=O)O. The van der Waals surface area contributed by atoms with E-state index in [1.807, 2.05) is 18.0 Å². The Kier molecular flexibility index (Phi) is 7.06. The van der Waals surface area contributed by atoms with Gasteiger partial charge in [-0.1, -0.05) is 19.8 Å². The molecule has 3 aromatic rings. The molecule has 1 saturated heterocycles. The van der Waals surface area contributed by atoms with Gasteiger partial charge >= 0.3 is 6.09 Å². The Balaban J connectivity index is 1.31. The lowest BCUT2D eigenvalue weighted by Gasteiger charge is -2.40. The third kappa shape index (κ3) is 5.27. The number of amides is 1. The predicted molar refractivity (Wildman–Crippen MR) is 138 cm³/mol. The number of carbonyl (C=O) groups is 1. The first-order chi connectivity index (χ1) is 17.9. The molecule has 2 aromatic heterocycles. The van der Waals surface area contributed by atoms with Crippen molar-refractivity contribution >= 4 is 29.4 Å². The minimum atomic E-state index is -0.940. The molecule has 196 valence electrons. The summed E-state index contributed by atoms with van der Waals surface area (Å²) in [6.07, 6.45) is 8.12. The number of anilines is 4. The summed E-state index contributed by atoms with van der Waals surface area (Å²) < 4.78 is 16.5. The first-order valence-corrected chi connectivity index (χ1v) is 12.8. The Morgan fingerprint density at radius 2 is 2.00 bits per heavy atom. The number of carboxylic acid groups (broad SMARTS) is 1. The molecule has 1 aliphatic carbocycles. The molecule has 2 aliphatic rings. The number of nitrogen functional groups attached to an aromatic ring is 1. The summed E-state index contributed by atoms with van der Waals surface area (Å²) in [5.41, 5.74) is 9.21. The highest BCUT2D eigenvalue weighted by atomic mass is 19.1. The molecule has 5 rings (SSSR count). The monoisotopic (exact) mass is 509 g/mol. The maximum absolute atomic E-state index is 15.1. The zero-order chi connectivity index (χ0) is 25.9. The molecule has 11 nitrogen and oxygen atoms in total. The van der Waals surface area contributed by atoms with E-state index in [9.17, 15) is 9.90 Å². The van der Waals surface area contributed by atoms with Gasteiger partial charge in [-0.25, -0.2) is 19.2 Å². The number of nitrogens with zero attached hydrogens (tertiary/aromatic N) is 7. The van der Waals surface area contributed by atoms with Crippen molar-refractivity contribution in [1.82, 2.24) is 29.6 Å². The number of nitrogens with one attached hydrogen (secondary N) is 1. The molecule has 0 spiro atoms. The Morgan fingerprint density at radius 3 is 2.76 bits per heavy atom. The van der Waals surface area contributed by atoms with Gasteiger partial charge in [-0.15, -0.1) is 5.10 Å². The summed E-state index contributed by atoms with van der Waals surface area (Å²) in [6.45, 7) is 3.13. The van der Waals surface area contributed by atoms with E-state index in [1.54, 1.807) is 12.1 Å². The molecule has 0 radical (unpaired) electrons. The number of hydrogen-bond acceptors (Lipinski definition) is 8. The van der Waals surface area contributed by atoms with Crippen LogP contribution in [-0.2, 0) is 12.8 Å². The van der Waals surface area contributed by atoms with Gasteiger partial charge in [0.2, 0.25) is 11.9 Å². The smallest absolute Gasteiger partial charge is 0.407 e. The van der Waals surface area contributed by atoms with Crippen molar-refractivity contribution < 1.29 is 14.3 Å². The van der Waals surface area contributed by atoms with E-state index in [-0.39, 0.29) is 17.9 Å². The average Bonchev–Trinajstić information content (AvgIpc) is 3.23. The molecule has 1 amide bonds. The summed E-state index contributed by atoms with van der Waals surface area (Å²) in [7, 11) is 0. The molecule has 12 heteroatoms. The van der Waals surface area contributed by atoms with Crippen LogP contribution in [0.1, 0.15) is 50.3 Å². The molecule has 37 heavy (non-hydrogen) atoms. The Morgan fingerprint density at radius 1 is 1.19 bits per heavy atom. The van der Waals surface area contributed by atoms with Crippen LogP contribution >= 0.6 is 0 Å². The number of halogens is 1. The predicted octanol–water partition coefficient (Wildman–Crippen LogP) is 3.76. The summed E-state index contributed by atoms with van der Waals surface area (Å²) in [4.78, 5) is 28.2. The van der Waals surface area contributed by atoms with E-state index in [2.05, 4.69) is 20.4 Å². The van der Waals surface area contributed by atoms with Gasteiger partial charge in [0, 0.05) is 37.2 Å². The van der Waals surface area contributed by atoms with Crippen LogP contribution in [0, 0.1) is 5.82 Å². The number of aryl methyl sites for hydroxylation is 2. The van der Waals surface area contributed by atoms with Crippen LogP contribution in [0.5, 0.6) is 0 Å². The summed E-state index contributed by atoms with van der Waals surface area (Å²) in [5.74, 6) is 0.291. The van der Waals surface area contributed by atoms with Crippen molar-refractivity contribution in [2.75, 3.05) is 35.6 Å². The molecule has 1 unspecified atom stereocenters. The second kappa shape index (κ2) is 10.6. The van der Waals surface area contributed by atoms with Crippen molar-refractivity contribution in [2.45, 2.75) is 57.9 Å². The lowest BCUT2D eigenvalue weighted by Crippen LogP contribution is -2.54. The van der Waals surface area contributed by atoms with Crippen LogP contribution in [0.4, 0.5) is 32.5 Å². The van der Waals surface area contributed by atoms with Crippen LogP contribution in [0.15, 0.2) is 24.4 Å². The van der Waals surface area contributed by atoms with E-state index in [4.69, 9.17) is 10.7 Å². The fourth-order valence-electron chi connectivity index (χ4n) is 5.09. The van der Waals surface area contributed by atoms with Crippen molar-refractivity contribution in [2.24, 2.45) is 0 Å². The molecular weight excluding hydrogens is 477 g/mol. The minimum Gasteiger partial charge on any atom is -0.465 e. The van der Waals surface area contributed by atoms with Crippen molar-refractivity contribution in [3.63, 3.8) is 0 Å². The summed E-state index contributed by atoms with van der Waals surface area (Å²) in [5, 5.41) is 16.8. The van der Waals surface area contributed by atoms with Gasteiger partial charge in [0.05, 0.1) is 11.7 Å². The van der Waals surface area contributed by atoms with Crippen LogP contribution < -0.4 is 16.0 Å². The summed E-state index contributed by atoms with van der Waals surface area (Å²) >= 11 is 0. The second-order valence-electron chi connectivity index (χ2n) is 9.54.